The monoisotopic (exact) mass is 345 g/mol. The zero-order valence-corrected chi connectivity index (χ0v) is 14.0. The summed E-state index contributed by atoms with van der Waals surface area (Å²) in [5.41, 5.74) is 2.68. The number of anilines is 2. The SMILES string of the molecule is O=C(Nc1ccc(NCc2ccccc2)c(Cl)c1)C1COCCN1. The van der Waals surface area contributed by atoms with Crippen LogP contribution in [0.3, 0.4) is 0 Å². The molecule has 1 aliphatic rings. The Kier molecular flexibility index (Phi) is 5.69. The third-order valence-electron chi connectivity index (χ3n) is 3.80. The average molecular weight is 346 g/mol. The fourth-order valence-corrected chi connectivity index (χ4v) is 2.74. The van der Waals surface area contributed by atoms with Crippen molar-refractivity contribution in [2.75, 3.05) is 30.4 Å². The predicted molar refractivity (Wildman–Crippen MR) is 96.5 cm³/mol. The van der Waals surface area contributed by atoms with Crippen LogP contribution in [-0.4, -0.2) is 31.7 Å². The van der Waals surface area contributed by atoms with Gasteiger partial charge in [0, 0.05) is 18.8 Å². The Bertz CT molecular complexity index is 688. The van der Waals surface area contributed by atoms with E-state index in [0.29, 0.717) is 37.0 Å². The van der Waals surface area contributed by atoms with E-state index in [-0.39, 0.29) is 11.9 Å². The maximum absolute atomic E-state index is 12.2. The number of hydrogen-bond donors (Lipinski definition) is 3. The predicted octanol–water partition coefficient (Wildman–Crippen LogP) is 2.88. The van der Waals surface area contributed by atoms with E-state index in [1.807, 2.05) is 30.3 Å². The molecule has 0 radical (unpaired) electrons. The van der Waals surface area contributed by atoms with Gasteiger partial charge in [0.2, 0.25) is 5.91 Å². The molecule has 1 unspecified atom stereocenters. The lowest BCUT2D eigenvalue weighted by Crippen LogP contribution is -2.48. The van der Waals surface area contributed by atoms with E-state index in [1.165, 1.54) is 5.56 Å². The van der Waals surface area contributed by atoms with E-state index in [0.717, 1.165) is 5.69 Å². The molecule has 1 atom stereocenters. The Balaban J connectivity index is 1.58. The standard InChI is InChI=1S/C18H20ClN3O2/c19-15-10-14(22-18(23)17-12-24-9-8-20-17)6-7-16(15)21-11-13-4-2-1-3-5-13/h1-7,10,17,20-21H,8-9,11-12H2,(H,22,23). The fourth-order valence-electron chi connectivity index (χ4n) is 2.49. The third-order valence-corrected chi connectivity index (χ3v) is 4.11. The molecule has 2 aromatic rings. The first-order chi connectivity index (χ1) is 11.7. The minimum Gasteiger partial charge on any atom is -0.380 e. The number of hydrogen-bond acceptors (Lipinski definition) is 4. The van der Waals surface area contributed by atoms with Crippen molar-refractivity contribution in [1.82, 2.24) is 5.32 Å². The van der Waals surface area contributed by atoms with Gasteiger partial charge in [0.05, 0.1) is 23.9 Å². The second-order valence-electron chi connectivity index (χ2n) is 5.60. The minimum absolute atomic E-state index is 0.115. The summed E-state index contributed by atoms with van der Waals surface area (Å²) in [5, 5.41) is 9.84. The second kappa shape index (κ2) is 8.15. The summed E-state index contributed by atoms with van der Waals surface area (Å²) in [4.78, 5) is 12.2. The van der Waals surface area contributed by atoms with Crippen LogP contribution in [0.5, 0.6) is 0 Å². The molecule has 1 amide bonds. The second-order valence-corrected chi connectivity index (χ2v) is 6.01. The van der Waals surface area contributed by atoms with E-state index in [2.05, 4.69) is 28.1 Å². The lowest BCUT2D eigenvalue weighted by molar-refractivity contribution is -0.120. The van der Waals surface area contributed by atoms with Crippen molar-refractivity contribution in [2.24, 2.45) is 0 Å². The summed E-state index contributed by atoms with van der Waals surface area (Å²) in [6, 6.07) is 15.2. The molecule has 6 heteroatoms. The van der Waals surface area contributed by atoms with Gasteiger partial charge in [-0.2, -0.15) is 0 Å². The number of rotatable bonds is 5. The van der Waals surface area contributed by atoms with Crippen LogP contribution >= 0.6 is 11.6 Å². The van der Waals surface area contributed by atoms with Crippen LogP contribution in [0, 0.1) is 0 Å². The molecule has 0 spiro atoms. The molecular weight excluding hydrogens is 326 g/mol. The molecule has 24 heavy (non-hydrogen) atoms. The van der Waals surface area contributed by atoms with Crippen LogP contribution in [0.25, 0.3) is 0 Å². The lowest BCUT2D eigenvalue weighted by atomic mass is 10.2. The van der Waals surface area contributed by atoms with Gasteiger partial charge in [-0.15, -0.1) is 0 Å². The highest BCUT2D eigenvalue weighted by molar-refractivity contribution is 6.33. The van der Waals surface area contributed by atoms with Crippen molar-refractivity contribution in [3.05, 3.63) is 59.1 Å². The highest BCUT2D eigenvalue weighted by Crippen LogP contribution is 2.26. The summed E-state index contributed by atoms with van der Waals surface area (Å²) < 4.78 is 5.30. The Morgan fingerprint density at radius 1 is 1.25 bits per heavy atom. The molecule has 0 aliphatic carbocycles. The van der Waals surface area contributed by atoms with Gasteiger partial charge in [-0.1, -0.05) is 41.9 Å². The summed E-state index contributed by atoms with van der Waals surface area (Å²) in [6.07, 6.45) is 0. The Morgan fingerprint density at radius 3 is 2.79 bits per heavy atom. The molecule has 126 valence electrons. The summed E-state index contributed by atoms with van der Waals surface area (Å²) >= 11 is 6.31. The van der Waals surface area contributed by atoms with Crippen molar-refractivity contribution in [2.45, 2.75) is 12.6 Å². The largest absolute Gasteiger partial charge is 0.380 e. The molecule has 3 N–H and O–H groups in total. The summed E-state index contributed by atoms with van der Waals surface area (Å²) in [5.74, 6) is -0.115. The number of amides is 1. The van der Waals surface area contributed by atoms with Crippen LogP contribution in [0.15, 0.2) is 48.5 Å². The van der Waals surface area contributed by atoms with Crippen LogP contribution in [0.2, 0.25) is 5.02 Å². The van der Waals surface area contributed by atoms with Crippen molar-refractivity contribution < 1.29 is 9.53 Å². The van der Waals surface area contributed by atoms with Gasteiger partial charge in [-0.05, 0) is 23.8 Å². The van der Waals surface area contributed by atoms with Gasteiger partial charge in [0.25, 0.3) is 0 Å². The van der Waals surface area contributed by atoms with Crippen LogP contribution < -0.4 is 16.0 Å². The number of nitrogens with one attached hydrogen (secondary N) is 3. The summed E-state index contributed by atoms with van der Waals surface area (Å²) in [7, 11) is 0. The molecule has 3 rings (SSSR count). The van der Waals surface area contributed by atoms with E-state index in [4.69, 9.17) is 16.3 Å². The minimum atomic E-state index is -0.326. The van der Waals surface area contributed by atoms with Gasteiger partial charge < -0.3 is 20.7 Å². The Labute approximate surface area is 146 Å². The number of carbonyl (C=O) groups excluding carboxylic acids is 1. The van der Waals surface area contributed by atoms with Gasteiger partial charge in [-0.3, -0.25) is 4.79 Å². The Hall–Kier alpha value is -2.08. The summed E-state index contributed by atoms with van der Waals surface area (Å²) in [6.45, 7) is 2.39. The first kappa shape index (κ1) is 16.8. The molecular formula is C18H20ClN3O2. The van der Waals surface area contributed by atoms with Gasteiger partial charge in [-0.25, -0.2) is 0 Å². The van der Waals surface area contributed by atoms with Crippen molar-refractivity contribution in [3.8, 4) is 0 Å². The number of morpholine rings is 1. The zero-order valence-electron chi connectivity index (χ0n) is 13.2. The van der Waals surface area contributed by atoms with E-state index >= 15 is 0 Å². The third kappa shape index (κ3) is 4.47. The van der Waals surface area contributed by atoms with Crippen LogP contribution in [0.1, 0.15) is 5.56 Å². The maximum Gasteiger partial charge on any atom is 0.243 e. The topological polar surface area (TPSA) is 62.4 Å². The van der Waals surface area contributed by atoms with Crippen LogP contribution in [-0.2, 0) is 16.1 Å². The molecule has 1 aliphatic heterocycles. The zero-order chi connectivity index (χ0) is 16.8. The first-order valence-corrected chi connectivity index (χ1v) is 8.29. The van der Waals surface area contributed by atoms with Gasteiger partial charge >= 0.3 is 0 Å². The normalized spacial score (nSPS) is 17.3. The molecule has 0 aromatic heterocycles. The molecule has 0 saturated carbocycles. The number of ether oxygens (including phenoxy) is 1. The van der Waals surface area contributed by atoms with E-state index in [9.17, 15) is 4.79 Å². The lowest BCUT2D eigenvalue weighted by Gasteiger charge is -2.23. The molecule has 1 heterocycles. The fraction of sp³-hybridized carbons (Fsp3) is 0.278. The van der Waals surface area contributed by atoms with Gasteiger partial charge in [0.15, 0.2) is 0 Å². The van der Waals surface area contributed by atoms with Gasteiger partial charge in [0.1, 0.15) is 6.04 Å². The van der Waals surface area contributed by atoms with Crippen molar-refractivity contribution in [1.29, 1.82) is 0 Å². The number of benzene rings is 2. The number of halogens is 1. The van der Waals surface area contributed by atoms with Crippen LogP contribution in [0.4, 0.5) is 11.4 Å². The van der Waals surface area contributed by atoms with Crippen molar-refractivity contribution >= 4 is 28.9 Å². The van der Waals surface area contributed by atoms with Crippen molar-refractivity contribution in [3.63, 3.8) is 0 Å². The smallest absolute Gasteiger partial charge is 0.243 e. The first-order valence-electron chi connectivity index (χ1n) is 7.92. The number of carbonyl (C=O) groups is 1. The highest BCUT2D eigenvalue weighted by atomic mass is 35.5. The molecule has 1 fully saturated rings. The molecule has 1 saturated heterocycles. The maximum atomic E-state index is 12.2. The average Bonchev–Trinajstić information content (AvgIpc) is 2.62. The highest BCUT2D eigenvalue weighted by Gasteiger charge is 2.21. The quantitative estimate of drug-likeness (QED) is 0.779. The van der Waals surface area contributed by atoms with E-state index in [1.54, 1.807) is 6.07 Å². The molecule has 5 nitrogen and oxygen atoms in total. The van der Waals surface area contributed by atoms with E-state index < -0.39 is 0 Å². The molecule has 0 bridgehead atoms. The Morgan fingerprint density at radius 2 is 2.08 bits per heavy atom. The molecule has 2 aromatic carbocycles.